The van der Waals surface area contributed by atoms with Crippen molar-refractivity contribution in [3.63, 3.8) is 0 Å². The van der Waals surface area contributed by atoms with Crippen LogP contribution in [-0.4, -0.2) is 23.9 Å². The molecule has 0 saturated heterocycles. The summed E-state index contributed by atoms with van der Waals surface area (Å²) >= 11 is 4.62. The van der Waals surface area contributed by atoms with Gasteiger partial charge in [0.05, 0.1) is 8.66 Å². The van der Waals surface area contributed by atoms with Gasteiger partial charge in [0, 0.05) is 6.04 Å². The standard InChI is InChI=1S/C11H15BrN2O2S/c1-6(2)13-10(15)7(3)14-11(16)8-4-5-9(12)17-8/h4-7H,1-3H3,(H,13,15)(H,14,16). The van der Waals surface area contributed by atoms with Crippen molar-refractivity contribution in [2.45, 2.75) is 32.9 Å². The summed E-state index contributed by atoms with van der Waals surface area (Å²) in [6.07, 6.45) is 0. The van der Waals surface area contributed by atoms with Crippen molar-refractivity contribution in [3.05, 3.63) is 20.8 Å². The first-order chi connectivity index (χ1) is 7.90. The number of hydrogen-bond acceptors (Lipinski definition) is 3. The second kappa shape index (κ2) is 6.16. The van der Waals surface area contributed by atoms with Gasteiger partial charge in [0.2, 0.25) is 5.91 Å². The van der Waals surface area contributed by atoms with E-state index in [9.17, 15) is 9.59 Å². The normalized spacial score (nSPS) is 12.3. The molecule has 17 heavy (non-hydrogen) atoms. The summed E-state index contributed by atoms with van der Waals surface area (Å²) in [6.45, 7) is 5.42. The predicted octanol–water partition coefficient (Wildman–Crippen LogP) is 2.15. The van der Waals surface area contributed by atoms with Crippen molar-refractivity contribution in [1.29, 1.82) is 0 Å². The fraction of sp³-hybridized carbons (Fsp3) is 0.455. The molecule has 0 saturated carbocycles. The highest BCUT2D eigenvalue weighted by Crippen LogP contribution is 2.21. The molecule has 1 rings (SSSR count). The molecule has 94 valence electrons. The molecule has 1 atom stereocenters. The van der Waals surface area contributed by atoms with Gasteiger partial charge < -0.3 is 10.6 Å². The number of halogens is 1. The topological polar surface area (TPSA) is 58.2 Å². The van der Waals surface area contributed by atoms with Crippen LogP contribution < -0.4 is 10.6 Å². The van der Waals surface area contributed by atoms with Crippen LogP contribution in [0.2, 0.25) is 0 Å². The average molecular weight is 319 g/mol. The van der Waals surface area contributed by atoms with E-state index in [1.165, 1.54) is 11.3 Å². The van der Waals surface area contributed by atoms with Crippen LogP contribution in [0.4, 0.5) is 0 Å². The number of carbonyl (C=O) groups excluding carboxylic acids is 2. The van der Waals surface area contributed by atoms with Crippen LogP contribution in [0.25, 0.3) is 0 Å². The molecule has 0 fully saturated rings. The molecule has 0 radical (unpaired) electrons. The third-order valence-electron chi connectivity index (χ3n) is 1.97. The van der Waals surface area contributed by atoms with Crippen LogP contribution in [0.5, 0.6) is 0 Å². The molecule has 0 aromatic carbocycles. The van der Waals surface area contributed by atoms with Gasteiger partial charge in [-0.2, -0.15) is 0 Å². The summed E-state index contributed by atoms with van der Waals surface area (Å²) < 4.78 is 0.891. The van der Waals surface area contributed by atoms with Gasteiger partial charge in [-0.05, 0) is 48.8 Å². The number of amides is 2. The lowest BCUT2D eigenvalue weighted by Crippen LogP contribution is -2.46. The summed E-state index contributed by atoms with van der Waals surface area (Å²) in [5.41, 5.74) is 0. The molecule has 0 bridgehead atoms. The van der Waals surface area contributed by atoms with Gasteiger partial charge in [-0.25, -0.2) is 0 Å². The van der Waals surface area contributed by atoms with Crippen molar-refractivity contribution in [1.82, 2.24) is 10.6 Å². The molecule has 1 unspecified atom stereocenters. The Morgan fingerprint density at radius 3 is 2.35 bits per heavy atom. The Hall–Kier alpha value is -0.880. The SMILES string of the molecule is CC(C)NC(=O)C(C)NC(=O)c1ccc(Br)s1. The Balaban J connectivity index is 2.54. The second-order valence-electron chi connectivity index (χ2n) is 3.96. The van der Waals surface area contributed by atoms with E-state index in [1.54, 1.807) is 19.1 Å². The Kier molecular flexibility index (Phi) is 5.14. The highest BCUT2D eigenvalue weighted by molar-refractivity contribution is 9.11. The summed E-state index contributed by atoms with van der Waals surface area (Å²) in [7, 11) is 0. The van der Waals surface area contributed by atoms with Crippen molar-refractivity contribution >= 4 is 39.1 Å². The monoisotopic (exact) mass is 318 g/mol. The third-order valence-corrected chi connectivity index (χ3v) is 3.59. The van der Waals surface area contributed by atoms with Gasteiger partial charge in [0.25, 0.3) is 5.91 Å². The van der Waals surface area contributed by atoms with Crippen LogP contribution in [0.15, 0.2) is 15.9 Å². The minimum absolute atomic E-state index is 0.0673. The maximum atomic E-state index is 11.8. The lowest BCUT2D eigenvalue weighted by molar-refractivity contribution is -0.123. The van der Waals surface area contributed by atoms with Crippen LogP contribution in [0.1, 0.15) is 30.4 Å². The van der Waals surface area contributed by atoms with E-state index in [2.05, 4.69) is 26.6 Å². The Labute approximate surface area is 113 Å². The zero-order valence-electron chi connectivity index (χ0n) is 9.91. The molecule has 1 heterocycles. The molecule has 1 aromatic heterocycles. The average Bonchev–Trinajstić information content (AvgIpc) is 2.63. The first-order valence-electron chi connectivity index (χ1n) is 5.26. The first kappa shape index (κ1) is 14.2. The van der Waals surface area contributed by atoms with E-state index in [1.807, 2.05) is 13.8 Å². The summed E-state index contributed by atoms with van der Waals surface area (Å²) in [6, 6.07) is 3.05. The summed E-state index contributed by atoms with van der Waals surface area (Å²) in [5, 5.41) is 5.40. The van der Waals surface area contributed by atoms with E-state index in [4.69, 9.17) is 0 Å². The van der Waals surface area contributed by atoms with Crippen LogP contribution in [0, 0.1) is 0 Å². The van der Waals surface area contributed by atoms with E-state index in [-0.39, 0.29) is 17.9 Å². The number of carbonyl (C=O) groups is 2. The van der Waals surface area contributed by atoms with Crippen LogP contribution >= 0.6 is 27.3 Å². The molecule has 6 heteroatoms. The fourth-order valence-corrected chi connectivity index (χ4v) is 2.47. The number of hydrogen-bond donors (Lipinski definition) is 2. The van der Waals surface area contributed by atoms with E-state index in [0.29, 0.717) is 4.88 Å². The van der Waals surface area contributed by atoms with E-state index < -0.39 is 6.04 Å². The van der Waals surface area contributed by atoms with Gasteiger partial charge in [0.15, 0.2) is 0 Å². The predicted molar refractivity (Wildman–Crippen MR) is 72.2 cm³/mol. The highest BCUT2D eigenvalue weighted by Gasteiger charge is 2.17. The molecule has 2 amide bonds. The van der Waals surface area contributed by atoms with E-state index in [0.717, 1.165) is 3.79 Å². The molecule has 2 N–H and O–H groups in total. The minimum atomic E-state index is -0.536. The van der Waals surface area contributed by atoms with Crippen molar-refractivity contribution in [2.24, 2.45) is 0 Å². The van der Waals surface area contributed by atoms with Gasteiger partial charge in [-0.3, -0.25) is 9.59 Å². The zero-order valence-corrected chi connectivity index (χ0v) is 12.3. The van der Waals surface area contributed by atoms with Crippen molar-refractivity contribution < 1.29 is 9.59 Å². The summed E-state index contributed by atoms with van der Waals surface area (Å²) in [4.78, 5) is 23.9. The summed E-state index contributed by atoms with van der Waals surface area (Å²) in [5.74, 6) is -0.406. The lowest BCUT2D eigenvalue weighted by atomic mass is 10.2. The molecule has 0 aliphatic rings. The number of nitrogens with one attached hydrogen (secondary N) is 2. The molecule has 0 spiro atoms. The molecular weight excluding hydrogens is 304 g/mol. The first-order valence-corrected chi connectivity index (χ1v) is 6.87. The van der Waals surface area contributed by atoms with Crippen molar-refractivity contribution in [2.75, 3.05) is 0 Å². The molecule has 0 aliphatic carbocycles. The maximum Gasteiger partial charge on any atom is 0.262 e. The Bertz CT molecular complexity index is 417. The maximum absolute atomic E-state index is 11.8. The number of rotatable bonds is 4. The van der Waals surface area contributed by atoms with Gasteiger partial charge in [-0.1, -0.05) is 0 Å². The Morgan fingerprint density at radius 1 is 1.24 bits per heavy atom. The van der Waals surface area contributed by atoms with Gasteiger partial charge >= 0.3 is 0 Å². The smallest absolute Gasteiger partial charge is 0.262 e. The fourth-order valence-electron chi connectivity index (χ4n) is 1.18. The van der Waals surface area contributed by atoms with Gasteiger partial charge in [-0.15, -0.1) is 11.3 Å². The molecule has 1 aromatic rings. The largest absolute Gasteiger partial charge is 0.352 e. The zero-order chi connectivity index (χ0) is 13.0. The number of thiophene rings is 1. The quantitative estimate of drug-likeness (QED) is 0.893. The van der Waals surface area contributed by atoms with Crippen LogP contribution in [-0.2, 0) is 4.79 Å². The van der Waals surface area contributed by atoms with Crippen molar-refractivity contribution in [3.8, 4) is 0 Å². The third kappa shape index (κ3) is 4.47. The minimum Gasteiger partial charge on any atom is -0.352 e. The molecule has 0 aliphatic heterocycles. The second-order valence-corrected chi connectivity index (χ2v) is 6.43. The van der Waals surface area contributed by atoms with Gasteiger partial charge in [0.1, 0.15) is 6.04 Å². The molecular formula is C11H15BrN2O2S. The highest BCUT2D eigenvalue weighted by atomic mass is 79.9. The van der Waals surface area contributed by atoms with E-state index >= 15 is 0 Å². The Morgan fingerprint density at radius 2 is 1.88 bits per heavy atom. The van der Waals surface area contributed by atoms with Crippen LogP contribution in [0.3, 0.4) is 0 Å². The lowest BCUT2D eigenvalue weighted by Gasteiger charge is -2.15. The molecule has 4 nitrogen and oxygen atoms in total.